The molecular formula is C11H14N2O3. The molecule has 1 aromatic carbocycles. The lowest BCUT2D eigenvalue weighted by Gasteiger charge is -2.11. The molecule has 0 saturated carbocycles. The van der Waals surface area contributed by atoms with E-state index < -0.39 is 17.9 Å². The van der Waals surface area contributed by atoms with Gasteiger partial charge in [-0.3, -0.25) is 4.79 Å². The van der Waals surface area contributed by atoms with Crippen LogP contribution < -0.4 is 11.1 Å². The molecular weight excluding hydrogens is 208 g/mol. The van der Waals surface area contributed by atoms with Crippen LogP contribution in [0.5, 0.6) is 0 Å². The minimum atomic E-state index is -1.54. The summed E-state index contributed by atoms with van der Waals surface area (Å²) in [6, 6.07) is 3.97. The maximum atomic E-state index is 11.4. The Morgan fingerprint density at radius 3 is 2.56 bits per heavy atom. The van der Waals surface area contributed by atoms with E-state index in [0.717, 1.165) is 11.1 Å². The van der Waals surface area contributed by atoms with E-state index in [4.69, 9.17) is 10.8 Å². The van der Waals surface area contributed by atoms with Gasteiger partial charge in [-0.05, 0) is 31.0 Å². The molecule has 1 aromatic rings. The van der Waals surface area contributed by atoms with Crippen molar-refractivity contribution in [2.45, 2.75) is 19.9 Å². The van der Waals surface area contributed by atoms with E-state index in [0.29, 0.717) is 5.69 Å². The number of nitrogens with two attached hydrogens (primary N) is 1. The zero-order valence-corrected chi connectivity index (χ0v) is 9.15. The largest absolute Gasteiger partial charge is 0.480 e. The van der Waals surface area contributed by atoms with Crippen LogP contribution in [0.4, 0.5) is 5.69 Å². The molecule has 5 nitrogen and oxygen atoms in total. The van der Waals surface area contributed by atoms with Crippen molar-refractivity contribution >= 4 is 17.6 Å². The van der Waals surface area contributed by atoms with Gasteiger partial charge < -0.3 is 16.2 Å². The van der Waals surface area contributed by atoms with E-state index >= 15 is 0 Å². The van der Waals surface area contributed by atoms with E-state index in [9.17, 15) is 9.59 Å². The molecule has 1 amide bonds. The Balaban J connectivity index is 2.84. The number of carboxylic acids is 1. The van der Waals surface area contributed by atoms with Gasteiger partial charge in [0.1, 0.15) is 0 Å². The van der Waals surface area contributed by atoms with Gasteiger partial charge in [-0.1, -0.05) is 12.1 Å². The lowest BCUT2D eigenvalue weighted by molar-refractivity contribution is -0.141. The summed E-state index contributed by atoms with van der Waals surface area (Å²) >= 11 is 0. The Labute approximate surface area is 93.3 Å². The Bertz CT molecular complexity index is 429. The zero-order chi connectivity index (χ0) is 12.3. The lowest BCUT2D eigenvalue weighted by atomic mass is 10.1. The van der Waals surface area contributed by atoms with Crippen molar-refractivity contribution in [2.75, 3.05) is 5.32 Å². The molecule has 0 aliphatic heterocycles. The normalized spacial score (nSPS) is 11.9. The summed E-state index contributed by atoms with van der Waals surface area (Å²) in [7, 11) is 0. The van der Waals surface area contributed by atoms with Crippen molar-refractivity contribution in [1.82, 2.24) is 0 Å². The molecule has 0 bridgehead atoms. The molecule has 86 valence electrons. The number of anilines is 1. The topological polar surface area (TPSA) is 92.4 Å². The summed E-state index contributed by atoms with van der Waals surface area (Å²) in [6.07, 6.45) is 0. The summed E-state index contributed by atoms with van der Waals surface area (Å²) in [5.41, 5.74) is 7.60. The predicted molar refractivity (Wildman–Crippen MR) is 60.2 cm³/mol. The molecule has 16 heavy (non-hydrogen) atoms. The van der Waals surface area contributed by atoms with E-state index in [2.05, 4.69) is 5.32 Å². The first kappa shape index (κ1) is 12.2. The summed E-state index contributed by atoms with van der Waals surface area (Å²) in [5.74, 6) is -2.07. The average molecular weight is 222 g/mol. The van der Waals surface area contributed by atoms with E-state index in [1.54, 1.807) is 6.07 Å². The van der Waals surface area contributed by atoms with Crippen LogP contribution in [0.25, 0.3) is 0 Å². The molecule has 0 spiro atoms. The van der Waals surface area contributed by atoms with E-state index in [1.165, 1.54) is 0 Å². The number of aliphatic carboxylic acids is 1. The van der Waals surface area contributed by atoms with Gasteiger partial charge in [0.15, 0.2) is 6.04 Å². The van der Waals surface area contributed by atoms with Gasteiger partial charge in [0.2, 0.25) is 0 Å². The van der Waals surface area contributed by atoms with Crippen LogP contribution in [-0.2, 0) is 9.59 Å². The Hall–Kier alpha value is -1.88. The van der Waals surface area contributed by atoms with Crippen LogP contribution in [0.2, 0.25) is 0 Å². The first-order valence-electron chi connectivity index (χ1n) is 4.78. The summed E-state index contributed by atoms with van der Waals surface area (Å²) < 4.78 is 0. The van der Waals surface area contributed by atoms with Crippen LogP contribution >= 0.6 is 0 Å². The molecule has 1 unspecified atom stereocenters. The smallest absolute Gasteiger partial charge is 0.330 e. The second-order valence-corrected chi connectivity index (χ2v) is 3.62. The van der Waals surface area contributed by atoms with Gasteiger partial charge in [-0.2, -0.15) is 0 Å². The molecule has 0 radical (unpaired) electrons. The van der Waals surface area contributed by atoms with Gasteiger partial charge in [-0.15, -0.1) is 0 Å². The van der Waals surface area contributed by atoms with Crippen molar-refractivity contribution in [2.24, 2.45) is 5.73 Å². The number of hydrogen-bond acceptors (Lipinski definition) is 3. The number of carbonyl (C=O) groups excluding carboxylic acids is 1. The lowest BCUT2D eigenvalue weighted by Crippen LogP contribution is -2.42. The SMILES string of the molecule is Cc1ccc(C)c(NC(=O)C(N)C(=O)O)c1. The third kappa shape index (κ3) is 2.80. The fraction of sp³-hybridized carbons (Fsp3) is 0.273. The molecule has 0 fully saturated rings. The molecule has 0 saturated heterocycles. The van der Waals surface area contributed by atoms with Crippen molar-refractivity contribution < 1.29 is 14.7 Å². The average Bonchev–Trinajstić information content (AvgIpc) is 2.22. The third-order valence-electron chi connectivity index (χ3n) is 2.20. The van der Waals surface area contributed by atoms with Gasteiger partial charge in [0.05, 0.1) is 0 Å². The monoisotopic (exact) mass is 222 g/mol. The summed E-state index contributed by atoms with van der Waals surface area (Å²) in [5, 5.41) is 11.1. The van der Waals surface area contributed by atoms with Crippen molar-refractivity contribution in [3.8, 4) is 0 Å². The van der Waals surface area contributed by atoms with E-state index in [1.807, 2.05) is 26.0 Å². The van der Waals surface area contributed by atoms with E-state index in [-0.39, 0.29) is 0 Å². The molecule has 0 heterocycles. The standard InChI is InChI=1S/C11H14N2O3/c1-6-3-4-7(2)8(5-6)13-10(14)9(12)11(15)16/h3-5,9H,12H2,1-2H3,(H,13,14)(H,15,16). The third-order valence-corrected chi connectivity index (χ3v) is 2.20. The number of benzene rings is 1. The molecule has 5 heteroatoms. The van der Waals surface area contributed by atoms with Crippen molar-refractivity contribution in [1.29, 1.82) is 0 Å². The molecule has 4 N–H and O–H groups in total. The second-order valence-electron chi connectivity index (χ2n) is 3.62. The van der Waals surface area contributed by atoms with Crippen molar-refractivity contribution in [3.63, 3.8) is 0 Å². The second kappa shape index (κ2) is 4.76. The number of aryl methyl sites for hydroxylation is 2. The summed E-state index contributed by atoms with van der Waals surface area (Å²) in [4.78, 5) is 21.9. The number of carbonyl (C=O) groups is 2. The van der Waals surface area contributed by atoms with Crippen LogP contribution in [-0.4, -0.2) is 23.0 Å². The zero-order valence-electron chi connectivity index (χ0n) is 9.15. The Morgan fingerprint density at radius 1 is 1.38 bits per heavy atom. The Morgan fingerprint density at radius 2 is 2.00 bits per heavy atom. The van der Waals surface area contributed by atoms with Gasteiger partial charge in [0, 0.05) is 5.69 Å². The highest BCUT2D eigenvalue weighted by atomic mass is 16.4. The minimum Gasteiger partial charge on any atom is -0.480 e. The van der Waals surface area contributed by atoms with Crippen LogP contribution in [0.15, 0.2) is 18.2 Å². The maximum absolute atomic E-state index is 11.4. The van der Waals surface area contributed by atoms with Gasteiger partial charge in [-0.25, -0.2) is 4.79 Å². The number of nitrogens with one attached hydrogen (secondary N) is 1. The number of amides is 1. The molecule has 0 aliphatic carbocycles. The van der Waals surface area contributed by atoms with Crippen LogP contribution in [0.3, 0.4) is 0 Å². The first-order chi connectivity index (χ1) is 7.41. The Kier molecular flexibility index (Phi) is 3.63. The number of hydrogen-bond donors (Lipinski definition) is 3. The highest BCUT2D eigenvalue weighted by Gasteiger charge is 2.21. The van der Waals surface area contributed by atoms with Gasteiger partial charge in [0.25, 0.3) is 5.91 Å². The number of rotatable bonds is 3. The maximum Gasteiger partial charge on any atom is 0.330 e. The van der Waals surface area contributed by atoms with Crippen LogP contribution in [0, 0.1) is 13.8 Å². The van der Waals surface area contributed by atoms with Crippen LogP contribution in [0.1, 0.15) is 11.1 Å². The fourth-order valence-corrected chi connectivity index (χ4v) is 1.19. The highest BCUT2D eigenvalue weighted by molar-refractivity contribution is 6.07. The highest BCUT2D eigenvalue weighted by Crippen LogP contribution is 2.16. The minimum absolute atomic E-state index is 0.585. The molecule has 0 aliphatic rings. The van der Waals surface area contributed by atoms with Gasteiger partial charge >= 0.3 is 5.97 Å². The fourth-order valence-electron chi connectivity index (χ4n) is 1.19. The summed E-state index contributed by atoms with van der Waals surface area (Å²) in [6.45, 7) is 3.70. The molecule has 1 atom stereocenters. The predicted octanol–water partition coefficient (Wildman–Crippen LogP) is 0.654. The molecule has 1 rings (SSSR count). The van der Waals surface area contributed by atoms with Crippen molar-refractivity contribution in [3.05, 3.63) is 29.3 Å². The molecule has 0 aromatic heterocycles. The quantitative estimate of drug-likeness (QED) is 0.655. The number of carboxylic acid groups (broad SMARTS) is 1. The first-order valence-corrected chi connectivity index (χ1v) is 4.78.